The molecule has 1 aliphatic rings. The van der Waals surface area contributed by atoms with Crippen molar-refractivity contribution in [2.24, 2.45) is 0 Å². The van der Waals surface area contributed by atoms with Crippen molar-refractivity contribution in [1.82, 2.24) is 9.55 Å². The van der Waals surface area contributed by atoms with Crippen LogP contribution in [0.3, 0.4) is 0 Å². The summed E-state index contributed by atoms with van der Waals surface area (Å²) in [5, 5.41) is 28.2. The van der Waals surface area contributed by atoms with Gasteiger partial charge in [0.1, 0.15) is 24.1 Å². The van der Waals surface area contributed by atoms with Gasteiger partial charge in [0.15, 0.2) is 0 Å². The van der Waals surface area contributed by atoms with Crippen molar-refractivity contribution in [1.29, 1.82) is 0 Å². The van der Waals surface area contributed by atoms with Gasteiger partial charge in [-0.25, -0.2) is 9.18 Å². The van der Waals surface area contributed by atoms with Crippen molar-refractivity contribution in [3.63, 3.8) is 0 Å². The molecule has 0 radical (unpaired) electrons. The fourth-order valence-electron chi connectivity index (χ4n) is 2.03. The van der Waals surface area contributed by atoms with Crippen LogP contribution in [0.4, 0.5) is 4.39 Å². The maximum atomic E-state index is 13.9. The minimum atomic E-state index is -1.52. The van der Waals surface area contributed by atoms with Gasteiger partial charge in [-0.15, -0.1) is 0 Å². The van der Waals surface area contributed by atoms with Gasteiger partial charge in [-0.2, -0.15) is 4.98 Å². The lowest BCUT2D eigenvalue weighted by Gasteiger charge is -2.19. The van der Waals surface area contributed by atoms with Crippen LogP contribution in [0.15, 0.2) is 28.5 Å². The summed E-state index contributed by atoms with van der Waals surface area (Å²) < 4.78 is 14.8. The highest BCUT2D eigenvalue weighted by Gasteiger charge is 2.42. The molecule has 1 aromatic heterocycles. The lowest BCUT2D eigenvalue weighted by Crippen LogP contribution is -2.36. The summed E-state index contributed by atoms with van der Waals surface area (Å²) in [5.41, 5.74) is -0.559. The van der Waals surface area contributed by atoms with E-state index in [4.69, 9.17) is 5.11 Å². The highest BCUT2D eigenvalue weighted by Crippen LogP contribution is 2.36. The molecule has 0 saturated carbocycles. The van der Waals surface area contributed by atoms with Crippen LogP contribution >= 0.6 is 0 Å². The molecule has 1 heterocycles. The minimum absolute atomic E-state index is 0.306. The molecule has 0 aliphatic heterocycles. The molecule has 98 valence electrons. The van der Waals surface area contributed by atoms with Gasteiger partial charge in [0.25, 0.3) is 0 Å². The lowest BCUT2D eigenvalue weighted by atomic mass is 10.1. The summed E-state index contributed by atoms with van der Waals surface area (Å²) in [5.74, 6) is -0.898. The summed E-state index contributed by atoms with van der Waals surface area (Å²) in [7, 11) is 0. The molecule has 0 fully saturated rings. The fraction of sp³-hybridized carbons (Fsp3) is 0.455. The largest absolute Gasteiger partial charge is 0.392 e. The molecule has 0 aromatic carbocycles. The molecule has 0 bridgehead atoms. The molecule has 0 unspecified atom stereocenters. The molecular weight excluding hydrogens is 243 g/mol. The molecule has 1 aromatic rings. The second-order valence-corrected chi connectivity index (χ2v) is 4.17. The smallest absolute Gasteiger partial charge is 0.348 e. The Balaban J connectivity index is 2.51. The van der Waals surface area contributed by atoms with Crippen molar-refractivity contribution in [2.45, 2.75) is 25.2 Å². The normalized spacial score (nSPS) is 27.9. The number of aromatic nitrogens is 2. The van der Waals surface area contributed by atoms with Gasteiger partial charge in [0, 0.05) is 17.5 Å². The minimum Gasteiger partial charge on any atom is -0.392 e. The third kappa shape index (κ3) is 1.86. The topological polar surface area (TPSA) is 95.6 Å². The Morgan fingerprint density at radius 2 is 2.17 bits per heavy atom. The van der Waals surface area contributed by atoms with Crippen LogP contribution < -0.4 is 5.69 Å². The Labute approximate surface area is 102 Å². The summed E-state index contributed by atoms with van der Waals surface area (Å²) in [4.78, 5) is 15.3. The highest BCUT2D eigenvalue weighted by atomic mass is 19.1. The number of nitrogens with zero attached hydrogens (tertiary/aromatic N) is 2. The van der Waals surface area contributed by atoms with Crippen molar-refractivity contribution < 1.29 is 19.7 Å². The van der Waals surface area contributed by atoms with Crippen molar-refractivity contribution in [2.75, 3.05) is 6.61 Å². The molecule has 0 spiro atoms. The molecule has 3 N–H and O–H groups in total. The van der Waals surface area contributed by atoms with Crippen LogP contribution in [-0.2, 0) is 0 Å². The third-order valence-corrected chi connectivity index (χ3v) is 3.01. The maximum Gasteiger partial charge on any atom is 0.348 e. The molecule has 18 heavy (non-hydrogen) atoms. The molecule has 6 nitrogen and oxygen atoms in total. The summed E-state index contributed by atoms with van der Waals surface area (Å²) in [6.45, 7) is 0.894. The Bertz CT molecular complexity index is 554. The number of halogens is 1. The van der Waals surface area contributed by atoms with E-state index >= 15 is 0 Å². The van der Waals surface area contributed by atoms with Gasteiger partial charge < -0.3 is 15.3 Å². The fourth-order valence-corrected chi connectivity index (χ4v) is 2.03. The predicted molar refractivity (Wildman–Crippen MR) is 59.5 cm³/mol. The first-order valence-electron chi connectivity index (χ1n) is 5.38. The Kier molecular flexibility index (Phi) is 3.29. The summed E-state index contributed by atoms with van der Waals surface area (Å²) in [6.07, 6.45) is -1.74. The van der Waals surface area contributed by atoms with Crippen LogP contribution in [0.1, 0.15) is 11.7 Å². The van der Waals surface area contributed by atoms with Crippen LogP contribution in [0.25, 0.3) is 0 Å². The van der Waals surface area contributed by atoms with Crippen molar-refractivity contribution in [3.05, 3.63) is 39.8 Å². The number of aliphatic hydroxyl groups excluding tert-OH is 3. The number of hydrogen-bond donors (Lipinski definition) is 3. The second kappa shape index (κ2) is 4.60. The second-order valence-electron chi connectivity index (χ2n) is 4.17. The van der Waals surface area contributed by atoms with Crippen LogP contribution in [-0.4, -0.2) is 43.7 Å². The van der Waals surface area contributed by atoms with Gasteiger partial charge in [-0.05, 0) is 13.0 Å². The summed E-state index contributed by atoms with van der Waals surface area (Å²) in [6, 6.07) is 0.146. The standard InChI is InChI=1S/C11H13FN2O4/c1-5-2-3-14(11(18)13-5)8-7(12)6(4-15)9(16)10(8)17/h2-3,8-10,15-17H,4H2,1H3/t8-,9+,10-/m1/s1. The Morgan fingerprint density at radius 3 is 2.67 bits per heavy atom. The maximum absolute atomic E-state index is 13.9. The average Bonchev–Trinajstić information content (AvgIpc) is 2.52. The number of rotatable bonds is 2. The van der Waals surface area contributed by atoms with Gasteiger partial charge in [-0.1, -0.05) is 0 Å². The number of hydrogen-bond acceptors (Lipinski definition) is 5. The molecule has 3 atom stereocenters. The van der Waals surface area contributed by atoms with Crippen LogP contribution in [0, 0.1) is 6.92 Å². The zero-order chi connectivity index (χ0) is 13.4. The predicted octanol–water partition coefficient (Wildman–Crippen LogP) is -0.956. The third-order valence-electron chi connectivity index (χ3n) is 3.01. The van der Waals surface area contributed by atoms with Gasteiger partial charge in [-0.3, -0.25) is 4.57 Å². The van der Waals surface area contributed by atoms with Gasteiger partial charge in [0.05, 0.1) is 6.61 Å². The molecule has 7 heteroatoms. The van der Waals surface area contributed by atoms with E-state index in [1.54, 1.807) is 6.92 Å². The lowest BCUT2D eigenvalue weighted by molar-refractivity contribution is 0.0244. The van der Waals surface area contributed by atoms with E-state index in [9.17, 15) is 19.4 Å². The zero-order valence-electron chi connectivity index (χ0n) is 9.62. The van der Waals surface area contributed by atoms with Crippen molar-refractivity contribution >= 4 is 0 Å². The molecular formula is C11H13FN2O4. The summed E-state index contributed by atoms with van der Waals surface area (Å²) >= 11 is 0. The first-order chi connectivity index (χ1) is 8.47. The van der Waals surface area contributed by atoms with Gasteiger partial charge in [0.2, 0.25) is 0 Å². The Morgan fingerprint density at radius 1 is 1.50 bits per heavy atom. The van der Waals surface area contributed by atoms with E-state index in [1.807, 2.05) is 0 Å². The first-order valence-corrected chi connectivity index (χ1v) is 5.38. The van der Waals surface area contributed by atoms with E-state index < -0.39 is 36.4 Å². The van der Waals surface area contributed by atoms with E-state index in [-0.39, 0.29) is 5.57 Å². The monoisotopic (exact) mass is 256 g/mol. The average molecular weight is 256 g/mol. The van der Waals surface area contributed by atoms with E-state index in [0.717, 1.165) is 4.57 Å². The molecule has 1 aliphatic carbocycles. The van der Waals surface area contributed by atoms with Crippen LogP contribution in [0.5, 0.6) is 0 Å². The SMILES string of the molecule is Cc1ccn([C@@H]2C(F)=C(CO)[C@H](O)[C@@H]2O)c(=O)n1. The first kappa shape index (κ1) is 12.9. The zero-order valence-corrected chi connectivity index (χ0v) is 9.62. The quantitative estimate of drug-likeness (QED) is 0.633. The molecule has 2 rings (SSSR count). The number of aryl methyl sites for hydroxylation is 1. The van der Waals surface area contributed by atoms with Gasteiger partial charge >= 0.3 is 5.69 Å². The molecule has 0 amide bonds. The van der Waals surface area contributed by atoms with E-state index in [0.29, 0.717) is 5.69 Å². The van der Waals surface area contributed by atoms with E-state index in [1.165, 1.54) is 12.3 Å². The van der Waals surface area contributed by atoms with E-state index in [2.05, 4.69) is 4.98 Å². The van der Waals surface area contributed by atoms with Crippen LogP contribution in [0.2, 0.25) is 0 Å². The molecule has 0 saturated heterocycles. The highest BCUT2D eigenvalue weighted by molar-refractivity contribution is 5.28. The Hall–Kier alpha value is -1.57. The number of aliphatic hydroxyl groups is 3. The van der Waals surface area contributed by atoms with Crippen molar-refractivity contribution in [3.8, 4) is 0 Å².